The second-order valence-electron chi connectivity index (χ2n) is 2.49. The van der Waals surface area contributed by atoms with Crippen LogP contribution in [0.2, 0.25) is 0 Å². The second-order valence-corrected chi connectivity index (χ2v) is 2.49. The van der Waals surface area contributed by atoms with Crippen LogP contribution in [0, 0.1) is 38.2 Å². The molecule has 0 unspecified atom stereocenters. The number of aliphatic carboxylic acids is 1. The van der Waals surface area contributed by atoms with Crippen molar-refractivity contribution in [1.82, 2.24) is 0 Å². The molecule has 0 saturated carbocycles. The smallest absolute Gasteiger partial charge is 0.122 e. The van der Waals surface area contributed by atoms with Gasteiger partial charge < -0.3 is 35.4 Å². The van der Waals surface area contributed by atoms with Crippen molar-refractivity contribution in [1.29, 1.82) is 0 Å². The molecule has 0 aliphatic rings. The van der Waals surface area contributed by atoms with Crippen molar-refractivity contribution in [2.24, 2.45) is 0 Å². The van der Waals surface area contributed by atoms with Crippen molar-refractivity contribution < 1.29 is 73.6 Å². The molecular formula is C6H11DyO7-. The van der Waals surface area contributed by atoms with E-state index in [2.05, 4.69) is 0 Å². The number of aliphatic hydroxyl groups excluding tert-OH is 5. The molecule has 0 spiro atoms. The van der Waals surface area contributed by atoms with Crippen LogP contribution in [0.25, 0.3) is 0 Å². The van der Waals surface area contributed by atoms with Crippen LogP contribution in [0.5, 0.6) is 0 Å². The number of carboxylic acid groups (broad SMARTS) is 1. The second kappa shape index (κ2) is 7.79. The van der Waals surface area contributed by atoms with Gasteiger partial charge in [0.05, 0.1) is 12.6 Å². The van der Waals surface area contributed by atoms with E-state index in [-0.39, 0.29) is 38.2 Å². The normalized spacial score (nSPS) is 18.9. The van der Waals surface area contributed by atoms with Crippen LogP contribution < -0.4 is 5.11 Å². The summed E-state index contributed by atoms with van der Waals surface area (Å²) >= 11 is 0. The van der Waals surface area contributed by atoms with Gasteiger partial charge in [-0.1, -0.05) is 0 Å². The fourth-order valence-electron chi connectivity index (χ4n) is 0.662. The number of hydrogen-bond donors (Lipinski definition) is 5. The SMILES string of the molecule is O=C([O-])[C@H](O)[C@@H](O)[C@H](O)[C@H](O)CO.[159Dy]. The summed E-state index contributed by atoms with van der Waals surface area (Å²) in [6.07, 6.45) is -8.08. The quantitative estimate of drug-likeness (QED) is 0.334. The molecule has 0 bridgehead atoms. The predicted octanol–water partition coefficient (Wildman–Crippen LogP) is -4.83. The van der Waals surface area contributed by atoms with Gasteiger partial charge in [0.25, 0.3) is 0 Å². The Morgan fingerprint density at radius 2 is 1.57 bits per heavy atom. The van der Waals surface area contributed by atoms with Crippen LogP contribution in [0.4, 0.5) is 0 Å². The van der Waals surface area contributed by atoms with Crippen molar-refractivity contribution in [3.63, 3.8) is 0 Å². The van der Waals surface area contributed by atoms with E-state index in [1.54, 1.807) is 0 Å². The van der Waals surface area contributed by atoms with Gasteiger partial charge in [-0.2, -0.15) is 0 Å². The molecule has 0 fully saturated rings. The maximum absolute atomic E-state index is 9.98. The maximum Gasteiger partial charge on any atom is 0.122 e. The fraction of sp³-hybridized carbons (Fsp3) is 0.833. The Labute approximate surface area is 110 Å². The monoisotopic (exact) mass is 354 g/mol. The van der Waals surface area contributed by atoms with E-state index in [4.69, 9.17) is 25.5 Å². The molecule has 7 nitrogen and oxygen atoms in total. The predicted molar refractivity (Wildman–Crippen MR) is 36.1 cm³/mol. The number of carbonyl (C=O) groups is 1. The third-order valence-corrected chi connectivity index (χ3v) is 1.50. The van der Waals surface area contributed by atoms with E-state index in [9.17, 15) is 9.90 Å². The number of carbonyl (C=O) groups excluding carboxylic acids is 1. The standard InChI is InChI=1S/C6H12O7.Dy/c7-1-2(8)3(9)4(10)5(11)6(12)13;/h2-5,7-11H,1H2,(H,12,13);/p-1/t2-,3-,4+,5-;/m1./s1/i;1-4. The van der Waals surface area contributed by atoms with Crippen LogP contribution in [-0.2, 0) is 4.79 Å². The van der Waals surface area contributed by atoms with Gasteiger partial charge in [-0.25, -0.2) is 0 Å². The molecule has 5 N–H and O–H groups in total. The van der Waals surface area contributed by atoms with Crippen LogP contribution in [0.15, 0.2) is 0 Å². The van der Waals surface area contributed by atoms with Gasteiger partial charge in [0.2, 0.25) is 0 Å². The first-order valence-corrected chi connectivity index (χ1v) is 3.45. The summed E-state index contributed by atoms with van der Waals surface area (Å²) in [5.41, 5.74) is 0. The zero-order valence-corrected chi connectivity index (χ0v) is 8.91. The van der Waals surface area contributed by atoms with Crippen LogP contribution in [-0.4, -0.2) is 62.5 Å². The average Bonchev–Trinajstić information content (AvgIpc) is 2.12. The van der Waals surface area contributed by atoms with Gasteiger partial charge >= 0.3 is 0 Å². The van der Waals surface area contributed by atoms with Crippen molar-refractivity contribution in [3.05, 3.63) is 0 Å². The summed E-state index contributed by atoms with van der Waals surface area (Å²) in [6, 6.07) is 0. The van der Waals surface area contributed by atoms with E-state index >= 15 is 0 Å². The first kappa shape index (κ1) is 17.0. The topological polar surface area (TPSA) is 141 Å². The zero-order chi connectivity index (χ0) is 10.6. The van der Waals surface area contributed by atoms with Gasteiger partial charge in [-0.05, 0) is 0 Å². The van der Waals surface area contributed by atoms with Crippen LogP contribution in [0.3, 0.4) is 0 Å². The molecular weight excluding hydrogens is 343 g/mol. The van der Waals surface area contributed by atoms with Crippen LogP contribution >= 0.6 is 0 Å². The Hall–Kier alpha value is 0.543. The molecule has 0 radical (unpaired) electrons. The summed E-state index contributed by atoms with van der Waals surface area (Å²) in [6.45, 7) is -0.863. The molecule has 14 heavy (non-hydrogen) atoms. The summed E-state index contributed by atoms with van der Waals surface area (Å²) in [5, 5.41) is 53.4. The first-order chi connectivity index (χ1) is 5.91. The number of carboxylic acids is 1. The van der Waals surface area contributed by atoms with Crippen molar-refractivity contribution in [2.45, 2.75) is 24.4 Å². The van der Waals surface area contributed by atoms with Gasteiger partial charge in [-0.3, -0.25) is 0 Å². The van der Waals surface area contributed by atoms with E-state index in [1.165, 1.54) is 0 Å². The first-order valence-electron chi connectivity index (χ1n) is 3.45. The Morgan fingerprint density at radius 3 is 1.86 bits per heavy atom. The van der Waals surface area contributed by atoms with E-state index in [0.29, 0.717) is 0 Å². The molecule has 88 valence electrons. The van der Waals surface area contributed by atoms with E-state index in [0.717, 1.165) is 0 Å². The summed E-state index contributed by atoms with van der Waals surface area (Å²) in [4.78, 5) is 9.98. The summed E-state index contributed by atoms with van der Waals surface area (Å²) in [5.74, 6) is -1.98. The molecule has 0 aromatic rings. The minimum absolute atomic E-state index is 0. The number of aliphatic hydroxyl groups is 5. The molecule has 4 atom stereocenters. The molecule has 0 rings (SSSR count). The van der Waals surface area contributed by atoms with Crippen molar-refractivity contribution >= 4 is 5.97 Å². The van der Waals surface area contributed by atoms with Crippen molar-refractivity contribution in [2.75, 3.05) is 6.61 Å². The van der Waals surface area contributed by atoms with Gasteiger partial charge in [0.15, 0.2) is 0 Å². The third-order valence-electron chi connectivity index (χ3n) is 1.50. The summed E-state index contributed by atoms with van der Waals surface area (Å²) < 4.78 is 0. The Balaban J connectivity index is 0. The van der Waals surface area contributed by atoms with Crippen LogP contribution in [0.1, 0.15) is 0 Å². The average molecular weight is 354 g/mol. The van der Waals surface area contributed by atoms with Gasteiger partial charge in [0.1, 0.15) is 24.4 Å². The van der Waals surface area contributed by atoms with E-state index < -0.39 is 37.0 Å². The number of hydrogen-bond acceptors (Lipinski definition) is 7. The molecule has 0 heterocycles. The minimum atomic E-state index is -2.31. The number of rotatable bonds is 5. The largest absolute Gasteiger partial charge is 0.547 e. The Kier molecular flexibility index (Phi) is 9.43. The van der Waals surface area contributed by atoms with E-state index in [1.807, 2.05) is 0 Å². The molecule has 0 saturated heterocycles. The van der Waals surface area contributed by atoms with Crippen molar-refractivity contribution in [3.8, 4) is 0 Å². The molecule has 0 aromatic carbocycles. The van der Waals surface area contributed by atoms with Gasteiger partial charge in [0, 0.05) is 38.2 Å². The molecule has 0 aliphatic heterocycles. The third kappa shape index (κ3) is 4.86. The molecule has 0 aliphatic carbocycles. The Bertz CT molecular complexity index is 176. The molecule has 0 amide bonds. The minimum Gasteiger partial charge on any atom is -0.547 e. The Morgan fingerprint density at radius 1 is 1.14 bits per heavy atom. The summed E-state index contributed by atoms with van der Waals surface area (Å²) in [7, 11) is 0. The van der Waals surface area contributed by atoms with Gasteiger partial charge in [-0.15, -0.1) is 0 Å². The zero-order valence-electron chi connectivity index (χ0n) is 6.89. The maximum atomic E-state index is 9.98. The molecule has 0 aromatic heterocycles. The fourth-order valence-corrected chi connectivity index (χ4v) is 0.662. The molecule has 8 heteroatoms.